The summed E-state index contributed by atoms with van der Waals surface area (Å²) in [6.45, 7) is 2.63. The van der Waals surface area contributed by atoms with E-state index in [0.717, 1.165) is 25.2 Å². The largest absolute Gasteiger partial charge is 0.295 e. The third-order valence-electron chi connectivity index (χ3n) is 3.35. The van der Waals surface area contributed by atoms with Crippen molar-refractivity contribution in [3.05, 3.63) is 40.7 Å². The van der Waals surface area contributed by atoms with E-state index in [4.69, 9.17) is 23.2 Å². The van der Waals surface area contributed by atoms with Gasteiger partial charge in [0.25, 0.3) is 0 Å². The van der Waals surface area contributed by atoms with Gasteiger partial charge in [0.2, 0.25) is 0 Å². The Morgan fingerprint density at radius 2 is 2.26 bits per heavy atom. The number of nitrogens with zero attached hydrogens (tertiary/aromatic N) is 5. The number of likely N-dealkylation sites (tertiary alicyclic amines) is 1. The van der Waals surface area contributed by atoms with Gasteiger partial charge < -0.3 is 0 Å². The van der Waals surface area contributed by atoms with Gasteiger partial charge in [-0.25, -0.2) is 9.67 Å². The zero-order valence-corrected chi connectivity index (χ0v) is 11.7. The van der Waals surface area contributed by atoms with Gasteiger partial charge in [-0.1, -0.05) is 23.2 Å². The molecule has 1 atom stereocenters. The second kappa shape index (κ2) is 5.45. The zero-order valence-electron chi connectivity index (χ0n) is 10.2. The Balaban J connectivity index is 1.67. The highest BCUT2D eigenvalue weighted by Crippen LogP contribution is 2.27. The predicted molar refractivity (Wildman–Crippen MR) is 73.2 cm³/mol. The molecule has 0 bridgehead atoms. The minimum absolute atomic E-state index is 0.375. The maximum absolute atomic E-state index is 6.16. The Bertz CT molecular complexity index is 557. The van der Waals surface area contributed by atoms with E-state index in [9.17, 15) is 0 Å². The van der Waals surface area contributed by atoms with Gasteiger partial charge in [0.1, 0.15) is 12.7 Å². The summed E-state index contributed by atoms with van der Waals surface area (Å²) in [5, 5.41) is 5.29. The molecule has 3 heterocycles. The number of halogens is 2. The molecule has 0 N–H and O–H groups in total. The average Bonchev–Trinajstić information content (AvgIpc) is 3.05. The summed E-state index contributed by atoms with van der Waals surface area (Å²) in [4.78, 5) is 10.6. The molecule has 1 aliphatic heterocycles. The predicted octanol–water partition coefficient (Wildman–Crippen LogP) is 2.43. The van der Waals surface area contributed by atoms with Crippen LogP contribution in [0.25, 0.3) is 0 Å². The lowest BCUT2D eigenvalue weighted by molar-refractivity contribution is 0.308. The first-order valence-corrected chi connectivity index (χ1v) is 6.85. The molecular formula is C12H13Cl2N5. The highest BCUT2D eigenvalue weighted by molar-refractivity contribution is 6.42. The maximum atomic E-state index is 6.16. The van der Waals surface area contributed by atoms with Crippen molar-refractivity contribution in [2.24, 2.45) is 0 Å². The Hall–Kier alpha value is -1.17. The first kappa shape index (κ1) is 12.8. The monoisotopic (exact) mass is 297 g/mol. The second-order valence-corrected chi connectivity index (χ2v) is 5.39. The molecule has 0 radical (unpaired) electrons. The lowest BCUT2D eigenvalue weighted by atomic mass is 10.3. The fourth-order valence-corrected chi connectivity index (χ4v) is 2.70. The van der Waals surface area contributed by atoms with Crippen molar-refractivity contribution in [2.45, 2.75) is 19.0 Å². The van der Waals surface area contributed by atoms with E-state index < -0.39 is 0 Å². The van der Waals surface area contributed by atoms with Gasteiger partial charge in [-0.05, 0) is 12.5 Å². The summed E-state index contributed by atoms with van der Waals surface area (Å²) in [5.41, 5.74) is 0.827. The zero-order chi connectivity index (χ0) is 13.2. The van der Waals surface area contributed by atoms with Gasteiger partial charge in [-0.3, -0.25) is 9.88 Å². The molecule has 2 aromatic heterocycles. The molecule has 3 rings (SSSR count). The van der Waals surface area contributed by atoms with Crippen molar-refractivity contribution in [2.75, 3.05) is 13.1 Å². The molecule has 7 heteroatoms. The lowest BCUT2D eigenvalue weighted by Crippen LogP contribution is -2.22. The van der Waals surface area contributed by atoms with E-state index in [1.165, 1.54) is 0 Å². The molecule has 1 fully saturated rings. The van der Waals surface area contributed by atoms with E-state index >= 15 is 0 Å². The quantitative estimate of drug-likeness (QED) is 0.873. The first-order valence-electron chi connectivity index (χ1n) is 6.09. The van der Waals surface area contributed by atoms with Crippen LogP contribution in [0, 0.1) is 0 Å². The van der Waals surface area contributed by atoms with Crippen LogP contribution in [0.5, 0.6) is 0 Å². The maximum Gasteiger partial charge on any atom is 0.137 e. The molecule has 1 aliphatic rings. The summed E-state index contributed by atoms with van der Waals surface area (Å²) in [6, 6.07) is 2.08. The molecular weight excluding hydrogens is 285 g/mol. The van der Waals surface area contributed by atoms with Crippen LogP contribution in [-0.4, -0.2) is 37.7 Å². The molecule has 0 aliphatic carbocycles. The molecule has 5 nitrogen and oxygen atoms in total. The molecule has 2 aromatic rings. The molecule has 0 spiro atoms. The number of hydrogen-bond acceptors (Lipinski definition) is 4. The minimum Gasteiger partial charge on any atom is -0.295 e. The van der Waals surface area contributed by atoms with Crippen LogP contribution in [0.4, 0.5) is 0 Å². The molecule has 1 saturated heterocycles. The first-order chi connectivity index (χ1) is 9.24. The highest BCUT2D eigenvalue weighted by atomic mass is 35.5. The number of rotatable bonds is 3. The van der Waals surface area contributed by atoms with Crippen LogP contribution in [-0.2, 0) is 6.54 Å². The normalized spacial score (nSPS) is 20.0. The van der Waals surface area contributed by atoms with Crippen LogP contribution >= 0.6 is 23.2 Å². The molecule has 0 amide bonds. The summed E-state index contributed by atoms with van der Waals surface area (Å²) < 4.78 is 1.91. The Morgan fingerprint density at radius 1 is 1.37 bits per heavy atom. The van der Waals surface area contributed by atoms with Crippen LogP contribution in [0.2, 0.25) is 10.0 Å². The van der Waals surface area contributed by atoms with Crippen molar-refractivity contribution in [1.82, 2.24) is 24.6 Å². The molecule has 1 unspecified atom stereocenters. The van der Waals surface area contributed by atoms with E-state index in [1.807, 2.05) is 4.68 Å². The third kappa shape index (κ3) is 2.73. The van der Waals surface area contributed by atoms with E-state index in [-0.39, 0.29) is 0 Å². The SMILES string of the molecule is Clc1ccnc(CN2CCC(n3cncn3)C2)c1Cl. The number of hydrogen-bond donors (Lipinski definition) is 0. The lowest BCUT2D eigenvalue weighted by Gasteiger charge is -2.16. The van der Waals surface area contributed by atoms with Gasteiger partial charge >= 0.3 is 0 Å². The Morgan fingerprint density at radius 3 is 3.05 bits per heavy atom. The van der Waals surface area contributed by atoms with Gasteiger partial charge in [-0.2, -0.15) is 5.10 Å². The average molecular weight is 298 g/mol. The van der Waals surface area contributed by atoms with Crippen molar-refractivity contribution in [1.29, 1.82) is 0 Å². The number of pyridine rings is 1. The van der Waals surface area contributed by atoms with E-state index in [1.54, 1.807) is 24.9 Å². The standard InChI is InChI=1S/C12H13Cl2N5/c13-10-1-3-16-11(12(10)14)6-18-4-2-9(5-18)19-8-15-7-17-19/h1,3,7-9H,2,4-6H2. The van der Waals surface area contributed by atoms with E-state index in [2.05, 4.69) is 20.0 Å². The van der Waals surface area contributed by atoms with Gasteiger partial charge in [0, 0.05) is 25.8 Å². The van der Waals surface area contributed by atoms with Crippen LogP contribution in [0.15, 0.2) is 24.9 Å². The molecule has 100 valence electrons. The number of aromatic nitrogens is 4. The van der Waals surface area contributed by atoms with Crippen LogP contribution in [0.1, 0.15) is 18.2 Å². The van der Waals surface area contributed by atoms with Gasteiger partial charge in [-0.15, -0.1) is 0 Å². The summed E-state index contributed by atoms with van der Waals surface area (Å²) in [6.07, 6.45) is 6.08. The van der Waals surface area contributed by atoms with Gasteiger partial charge in [0.15, 0.2) is 0 Å². The van der Waals surface area contributed by atoms with Crippen molar-refractivity contribution >= 4 is 23.2 Å². The summed E-state index contributed by atoms with van der Waals surface area (Å²) >= 11 is 12.2. The molecule has 0 aromatic carbocycles. The van der Waals surface area contributed by atoms with Crippen molar-refractivity contribution in [3.8, 4) is 0 Å². The summed E-state index contributed by atoms with van der Waals surface area (Å²) in [5.74, 6) is 0. The van der Waals surface area contributed by atoms with Crippen LogP contribution in [0.3, 0.4) is 0 Å². The van der Waals surface area contributed by atoms with Gasteiger partial charge in [0.05, 0.1) is 21.8 Å². The van der Waals surface area contributed by atoms with Crippen molar-refractivity contribution < 1.29 is 0 Å². The third-order valence-corrected chi connectivity index (χ3v) is 4.18. The van der Waals surface area contributed by atoms with E-state index in [0.29, 0.717) is 22.6 Å². The topological polar surface area (TPSA) is 46.8 Å². The summed E-state index contributed by atoms with van der Waals surface area (Å²) in [7, 11) is 0. The Kier molecular flexibility index (Phi) is 3.68. The fourth-order valence-electron chi connectivity index (χ4n) is 2.36. The highest BCUT2D eigenvalue weighted by Gasteiger charge is 2.25. The molecule has 0 saturated carbocycles. The smallest absolute Gasteiger partial charge is 0.137 e. The second-order valence-electron chi connectivity index (χ2n) is 4.61. The minimum atomic E-state index is 0.375. The fraction of sp³-hybridized carbons (Fsp3) is 0.417. The molecule has 19 heavy (non-hydrogen) atoms. The van der Waals surface area contributed by atoms with Crippen molar-refractivity contribution in [3.63, 3.8) is 0 Å². The Labute approximate surface area is 121 Å². The van der Waals surface area contributed by atoms with Crippen LogP contribution < -0.4 is 0 Å².